The van der Waals surface area contributed by atoms with Crippen LogP contribution in [0.4, 0.5) is 0 Å². The van der Waals surface area contributed by atoms with Crippen molar-refractivity contribution in [3.05, 3.63) is 35.4 Å². The molecule has 0 radical (unpaired) electrons. The second-order valence-electron chi connectivity index (χ2n) is 4.45. The number of carbonyl (C=O) groups is 1. The highest BCUT2D eigenvalue weighted by Gasteiger charge is 2.18. The molecular weight excluding hydrogens is 230 g/mol. The Labute approximate surface area is 107 Å². The molecule has 4 nitrogen and oxygen atoms in total. The van der Waals surface area contributed by atoms with E-state index in [0.717, 1.165) is 24.0 Å². The van der Waals surface area contributed by atoms with Gasteiger partial charge in [0.2, 0.25) is 0 Å². The van der Waals surface area contributed by atoms with Gasteiger partial charge in [0.05, 0.1) is 19.6 Å². The van der Waals surface area contributed by atoms with Gasteiger partial charge >= 0.3 is 5.97 Å². The molecule has 1 heterocycles. The average molecular weight is 249 g/mol. The summed E-state index contributed by atoms with van der Waals surface area (Å²) < 4.78 is 10.7. The highest BCUT2D eigenvalue weighted by molar-refractivity contribution is 5.73. The third-order valence-corrected chi connectivity index (χ3v) is 3.14. The third-order valence-electron chi connectivity index (χ3n) is 3.14. The van der Waals surface area contributed by atoms with Gasteiger partial charge in [-0.05, 0) is 11.1 Å². The molecule has 1 fully saturated rings. The van der Waals surface area contributed by atoms with Gasteiger partial charge in [-0.1, -0.05) is 24.3 Å². The first-order valence-corrected chi connectivity index (χ1v) is 6.33. The van der Waals surface area contributed by atoms with Crippen LogP contribution >= 0.6 is 0 Å². The van der Waals surface area contributed by atoms with Gasteiger partial charge in [-0.3, -0.25) is 4.79 Å². The van der Waals surface area contributed by atoms with Crippen molar-refractivity contribution in [1.29, 1.82) is 0 Å². The lowest BCUT2D eigenvalue weighted by molar-refractivity contribution is -0.152. The normalized spacial score (nSPS) is 16.5. The molecule has 0 bridgehead atoms. The molecule has 98 valence electrons. The number of benzene rings is 1. The lowest BCUT2D eigenvalue weighted by Gasteiger charge is -2.22. The molecule has 4 heteroatoms. The van der Waals surface area contributed by atoms with E-state index in [2.05, 4.69) is 0 Å². The van der Waals surface area contributed by atoms with Gasteiger partial charge in [0.15, 0.2) is 0 Å². The molecule has 2 rings (SSSR count). The van der Waals surface area contributed by atoms with E-state index in [4.69, 9.17) is 15.2 Å². The van der Waals surface area contributed by atoms with Crippen LogP contribution in [0, 0.1) is 0 Å². The standard InChI is InChI=1S/C14H19NO3/c15-10-12-4-2-1-3-11(12)9-14(16)18-13-5-7-17-8-6-13/h1-4,13H,5-10,15H2. The van der Waals surface area contributed by atoms with Gasteiger partial charge in [0.25, 0.3) is 0 Å². The summed E-state index contributed by atoms with van der Waals surface area (Å²) >= 11 is 0. The lowest BCUT2D eigenvalue weighted by atomic mass is 10.0. The van der Waals surface area contributed by atoms with Crippen LogP contribution in [0.3, 0.4) is 0 Å². The van der Waals surface area contributed by atoms with E-state index in [9.17, 15) is 4.79 Å². The van der Waals surface area contributed by atoms with Gasteiger partial charge in [-0.15, -0.1) is 0 Å². The molecule has 1 saturated heterocycles. The summed E-state index contributed by atoms with van der Waals surface area (Å²) in [4.78, 5) is 11.8. The highest BCUT2D eigenvalue weighted by atomic mass is 16.5. The molecule has 0 aromatic heterocycles. The number of esters is 1. The number of hydrogen-bond donors (Lipinski definition) is 1. The number of ether oxygens (including phenoxy) is 2. The topological polar surface area (TPSA) is 61.6 Å². The molecule has 0 amide bonds. The van der Waals surface area contributed by atoms with Crippen LogP contribution in [-0.4, -0.2) is 25.3 Å². The van der Waals surface area contributed by atoms with E-state index in [1.54, 1.807) is 0 Å². The van der Waals surface area contributed by atoms with Crippen LogP contribution in [0.1, 0.15) is 24.0 Å². The van der Waals surface area contributed by atoms with Crippen molar-refractivity contribution in [1.82, 2.24) is 0 Å². The van der Waals surface area contributed by atoms with Crippen LogP contribution in [0.2, 0.25) is 0 Å². The van der Waals surface area contributed by atoms with Crippen molar-refractivity contribution in [2.45, 2.75) is 31.9 Å². The van der Waals surface area contributed by atoms with Crippen LogP contribution in [0.25, 0.3) is 0 Å². The highest BCUT2D eigenvalue weighted by Crippen LogP contribution is 2.14. The predicted octanol–water partition coefficient (Wildman–Crippen LogP) is 1.41. The van der Waals surface area contributed by atoms with E-state index in [-0.39, 0.29) is 12.1 Å². The van der Waals surface area contributed by atoms with Crippen molar-refractivity contribution >= 4 is 5.97 Å². The first-order chi connectivity index (χ1) is 8.79. The fourth-order valence-corrected chi connectivity index (χ4v) is 2.11. The maximum Gasteiger partial charge on any atom is 0.310 e. The minimum atomic E-state index is -0.178. The SMILES string of the molecule is NCc1ccccc1CC(=O)OC1CCOCC1. The third kappa shape index (κ3) is 3.55. The Bertz CT molecular complexity index is 400. The first kappa shape index (κ1) is 13.1. The quantitative estimate of drug-likeness (QED) is 0.820. The largest absolute Gasteiger partial charge is 0.462 e. The van der Waals surface area contributed by atoms with Crippen LogP contribution in [0.5, 0.6) is 0 Å². The Hall–Kier alpha value is -1.39. The number of nitrogens with two attached hydrogens (primary N) is 1. The zero-order valence-electron chi connectivity index (χ0n) is 10.4. The summed E-state index contributed by atoms with van der Waals surface area (Å²) in [5.74, 6) is -0.178. The Morgan fingerprint density at radius 2 is 1.94 bits per heavy atom. The number of carbonyl (C=O) groups excluding carboxylic acids is 1. The van der Waals surface area contributed by atoms with Crippen molar-refractivity contribution in [2.75, 3.05) is 13.2 Å². The van der Waals surface area contributed by atoms with Gasteiger partial charge in [-0.2, -0.15) is 0 Å². The maximum absolute atomic E-state index is 11.8. The molecule has 1 aromatic carbocycles. The Balaban J connectivity index is 1.90. The zero-order valence-corrected chi connectivity index (χ0v) is 10.4. The fourth-order valence-electron chi connectivity index (χ4n) is 2.11. The molecule has 1 aliphatic heterocycles. The monoisotopic (exact) mass is 249 g/mol. The lowest BCUT2D eigenvalue weighted by Crippen LogP contribution is -2.27. The summed E-state index contributed by atoms with van der Waals surface area (Å²) in [5.41, 5.74) is 7.60. The van der Waals surface area contributed by atoms with E-state index in [1.807, 2.05) is 24.3 Å². The minimum absolute atomic E-state index is 0.0105. The molecule has 0 atom stereocenters. The van der Waals surface area contributed by atoms with Gasteiger partial charge < -0.3 is 15.2 Å². The van der Waals surface area contributed by atoms with Crippen molar-refractivity contribution < 1.29 is 14.3 Å². The smallest absolute Gasteiger partial charge is 0.310 e. The van der Waals surface area contributed by atoms with Crippen molar-refractivity contribution in [3.63, 3.8) is 0 Å². The molecule has 18 heavy (non-hydrogen) atoms. The number of rotatable bonds is 4. The van der Waals surface area contributed by atoms with E-state index < -0.39 is 0 Å². The summed E-state index contributed by atoms with van der Waals surface area (Å²) in [6, 6.07) is 7.70. The Morgan fingerprint density at radius 1 is 1.28 bits per heavy atom. The first-order valence-electron chi connectivity index (χ1n) is 6.33. The van der Waals surface area contributed by atoms with Gasteiger partial charge in [0.1, 0.15) is 6.10 Å². The Kier molecular flexibility index (Phi) is 4.73. The van der Waals surface area contributed by atoms with E-state index in [0.29, 0.717) is 26.2 Å². The second kappa shape index (κ2) is 6.52. The van der Waals surface area contributed by atoms with Crippen molar-refractivity contribution in [3.8, 4) is 0 Å². The minimum Gasteiger partial charge on any atom is -0.462 e. The molecule has 0 spiro atoms. The molecule has 0 aliphatic carbocycles. The summed E-state index contributed by atoms with van der Waals surface area (Å²) in [6.45, 7) is 1.80. The van der Waals surface area contributed by atoms with Crippen LogP contribution in [0.15, 0.2) is 24.3 Å². The maximum atomic E-state index is 11.8. The summed E-state index contributed by atoms with van der Waals surface area (Å²) in [5, 5.41) is 0. The Morgan fingerprint density at radius 3 is 2.61 bits per heavy atom. The molecule has 1 aromatic rings. The van der Waals surface area contributed by atoms with Crippen LogP contribution < -0.4 is 5.73 Å². The van der Waals surface area contributed by atoms with E-state index >= 15 is 0 Å². The average Bonchev–Trinajstić information content (AvgIpc) is 2.40. The predicted molar refractivity (Wildman–Crippen MR) is 68.0 cm³/mol. The summed E-state index contributed by atoms with van der Waals surface area (Å²) in [7, 11) is 0. The fraction of sp³-hybridized carbons (Fsp3) is 0.500. The molecular formula is C14H19NO3. The second-order valence-corrected chi connectivity index (χ2v) is 4.45. The molecule has 0 saturated carbocycles. The van der Waals surface area contributed by atoms with Gasteiger partial charge in [0, 0.05) is 19.4 Å². The van der Waals surface area contributed by atoms with Crippen LogP contribution in [-0.2, 0) is 27.2 Å². The zero-order chi connectivity index (χ0) is 12.8. The number of hydrogen-bond acceptors (Lipinski definition) is 4. The summed E-state index contributed by atoms with van der Waals surface area (Å²) in [6.07, 6.45) is 1.90. The van der Waals surface area contributed by atoms with E-state index in [1.165, 1.54) is 0 Å². The van der Waals surface area contributed by atoms with Gasteiger partial charge in [-0.25, -0.2) is 0 Å². The molecule has 0 unspecified atom stereocenters. The van der Waals surface area contributed by atoms with Crippen molar-refractivity contribution in [2.24, 2.45) is 5.73 Å². The molecule has 2 N–H and O–H groups in total. The molecule has 1 aliphatic rings.